The predicted octanol–water partition coefficient (Wildman–Crippen LogP) is 4.15. The van der Waals surface area contributed by atoms with Crippen LogP contribution in [0.15, 0.2) is 17.0 Å². The molecule has 1 N–H and O–H groups in total. The molecule has 20 heavy (non-hydrogen) atoms. The second kappa shape index (κ2) is 6.08. The summed E-state index contributed by atoms with van der Waals surface area (Å²) in [5.74, 6) is -0.522. The third kappa shape index (κ3) is 2.95. The van der Waals surface area contributed by atoms with Crippen LogP contribution in [-0.2, 0) is 4.79 Å². The van der Waals surface area contributed by atoms with Crippen molar-refractivity contribution in [1.29, 1.82) is 0 Å². The maximum atomic E-state index is 12.0. The largest absolute Gasteiger partial charge is 0.505 e. The van der Waals surface area contributed by atoms with Crippen molar-refractivity contribution in [2.75, 3.05) is 6.54 Å². The highest BCUT2D eigenvalue weighted by atomic mass is 35.5. The Morgan fingerprint density at radius 3 is 2.45 bits per heavy atom. The zero-order valence-corrected chi connectivity index (χ0v) is 12.8. The third-order valence-electron chi connectivity index (χ3n) is 2.66. The van der Waals surface area contributed by atoms with Crippen LogP contribution in [0, 0.1) is 0 Å². The lowest BCUT2D eigenvalue weighted by atomic mass is 10.2. The smallest absolute Gasteiger partial charge is 0.293 e. The molecule has 0 saturated carbocycles. The fraction of sp³-hybridized carbons (Fsp3) is 0.231. The van der Waals surface area contributed by atoms with Crippen molar-refractivity contribution >= 4 is 52.2 Å². The second-order valence-corrected chi connectivity index (χ2v) is 5.97. The van der Waals surface area contributed by atoms with Crippen LogP contribution in [0.3, 0.4) is 0 Å². The first-order chi connectivity index (χ1) is 9.43. The van der Waals surface area contributed by atoms with E-state index in [1.165, 1.54) is 23.1 Å². The minimum atomic E-state index is -0.317. The number of carbonyl (C=O) groups excluding carboxylic acids is 2. The molecule has 0 aliphatic carbocycles. The van der Waals surface area contributed by atoms with Crippen molar-refractivity contribution in [3.8, 4) is 5.75 Å². The number of nitrogens with zero attached hydrogens (tertiary/aromatic N) is 1. The highest BCUT2D eigenvalue weighted by molar-refractivity contribution is 8.18. The van der Waals surface area contributed by atoms with Gasteiger partial charge in [0.25, 0.3) is 11.1 Å². The number of amides is 2. The maximum absolute atomic E-state index is 12.0. The van der Waals surface area contributed by atoms with Crippen LogP contribution >= 0.6 is 35.0 Å². The van der Waals surface area contributed by atoms with E-state index in [1.54, 1.807) is 0 Å². The Labute approximate surface area is 130 Å². The highest BCUT2D eigenvalue weighted by Crippen LogP contribution is 2.36. The first kappa shape index (κ1) is 15.2. The van der Waals surface area contributed by atoms with Crippen molar-refractivity contribution in [3.05, 3.63) is 32.6 Å². The van der Waals surface area contributed by atoms with E-state index in [0.29, 0.717) is 23.4 Å². The molecular weight excluding hydrogens is 321 g/mol. The first-order valence-electron chi connectivity index (χ1n) is 5.87. The highest BCUT2D eigenvalue weighted by Gasteiger charge is 2.34. The predicted molar refractivity (Wildman–Crippen MR) is 81.1 cm³/mol. The number of rotatable bonds is 3. The van der Waals surface area contributed by atoms with Crippen molar-refractivity contribution < 1.29 is 14.7 Å². The zero-order valence-electron chi connectivity index (χ0n) is 10.5. The summed E-state index contributed by atoms with van der Waals surface area (Å²) >= 11 is 12.5. The quantitative estimate of drug-likeness (QED) is 0.845. The van der Waals surface area contributed by atoms with E-state index >= 15 is 0 Å². The molecule has 0 bridgehead atoms. The summed E-state index contributed by atoms with van der Waals surface area (Å²) in [4.78, 5) is 25.3. The molecule has 0 spiro atoms. The van der Waals surface area contributed by atoms with Gasteiger partial charge < -0.3 is 5.11 Å². The fourth-order valence-electron chi connectivity index (χ4n) is 1.74. The molecule has 0 aromatic heterocycles. The lowest BCUT2D eigenvalue weighted by Crippen LogP contribution is -2.28. The van der Waals surface area contributed by atoms with Crippen LogP contribution in [0.1, 0.15) is 18.9 Å². The molecule has 0 atom stereocenters. The lowest BCUT2D eigenvalue weighted by molar-refractivity contribution is -0.122. The van der Waals surface area contributed by atoms with E-state index in [-0.39, 0.29) is 26.9 Å². The lowest BCUT2D eigenvalue weighted by Gasteiger charge is -2.09. The van der Waals surface area contributed by atoms with E-state index < -0.39 is 0 Å². The topological polar surface area (TPSA) is 57.6 Å². The van der Waals surface area contributed by atoms with E-state index in [2.05, 4.69) is 0 Å². The molecule has 1 aliphatic rings. The molecule has 1 fully saturated rings. The molecule has 1 aromatic rings. The number of carbonyl (C=O) groups is 2. The summed E-state index contributed by atoms with van der Waals surface area (Å²) in [7, 11) is 0. The minimum absolute atomic E-state index is 0.0940. The molecule has 0 unspecified atom stereocenters. The van der Waals surface area contributed by atoms with Gasteiger partial charge in [-0.25, -0.2) is 0 Å². The molecule has 0 radical (unpaired) electrons. The number of halogens is 2. The Hall–Kier alpha value is -1.17. The number of hydrogen-bond donors (Lipinski definition) is 1. The molecular formula is C13H11Cl2NO3S. The molecule has 2 amide bonds. The van der Waals surface area contributed by atoms with Gasteiger partial charge in [0.05, 0.1) is 15.0 Å². The zero-order chi connectivity index (χ0) is 14.9. The molecule has 7 heteroatoms. The van der Waals surface area contributed by atoms with Gasteiger partial charge in [-0.3, -0.25) is 14.5 Å². The number of aromatic hydroxyl groups is 1. The summed E-state index contributed by atoms with van der Waals surface area (Å²) in [6.45, 7) is 2.30. The van der Waals surface area contributed by atoms with Gasteiger partial charge in [0, 0.05) is 6.54 Å². The SMILES string of the molecule is CCCN1C(=O)S/C(=C/c2cc(Cl)c(O)c(Cl)c2)C1=O. The molecule has 2 rings (SSSR count). The Morgan fingerprint density at radius 2 is 1.90 bits per heavy atom. The first-order valence-corrected chi connectivity index (χ1v) is 7.44. The molecule has 1 heterocycles. The van der Waals surface area contributed by atoms with Crippen LogP contribution in [0.4, 0.5) is 4.79 Å². The summed E-state index contributed by atoms with van der Waals surface area (Å²) in [5, 5.41) is 9.39. The van der Waals surface area contributed by atoms with Crippen LogP contribution < -0.4 is 0 Å². The average molecular weight is 332 g/mol. The van der Waals surface area contributed by atoms with Gasteiger partial charge in [-0.15, -0.1) is 0 Å². The number of imide groups is 1. The minimum Gasteiger partial charge on any atom is -0.505 e. The van der Waals surface area contributed by atoms with E-state index in [0.717, 1.165) is 11.8 Å². The van der Waals surface area contributed by atoms with E-state index in [9.17, 15) is 14.7 Å². The second-order valence-electron chi connectivity index (χ2n) is 4.17. The summed E-state index contributed by atoms with van der Waals surface area (Å²) < 4.78 is 0. The van der Waals surface area contributed by atoms with Crippen molar-refractivity contribution in [3.63, 3.8) is 0 Å². The summed E-state index contributed by atoms with van der Waals surface area (Å²) in [5.41, 5.74) is 0.555. The standard InChI is InChI=1S/C13H11Cl2NO3S/c1-2-3-16-12(18)10(20-13(16)19)6-7-4-8(14)11(17)9(15)5-7/h4-6,17H,2-3H2,1H3/b10-6+. The summed E-state index contributed by atoms with van der Waals surface area (Å²) in [6.07, 6.45) is 2.25. The average Bonchev–Trinajstić information content (AvgIpc) is 2.64. The molecule has 4 nitrogen and oxygen atoms in total. The summed E-state index contributed by atoms with van der Waals surface area (Å²) in [6, 6.07) is 2.97. The van der Waals surface area contributed by atoms with Gasteiger partial charge in [0.2, 0.25) is 0 Å². The monoisotopic (exact) mass is 331 g/mol. The number of thioether (sulfide) groups is 1. The molecule has 1 saturated heterocycles. The number of phenolic OH excluding ortho intramolecular Hbond substituents is 1. The van der Waals surface area contributed by atoms with Crippen molar-refractivity contribution in [2.45, 2.75) is 13.3 Å². The van der Waals surface area contributed by atoms with Crippen LogP contribution in [-0.4, -0.2) is 27.7 Å². The third-order valence-corrected chi connectivity index (χ3v) is 4.14. The van der Waals surface area contributed by atoms with Gasteiger partial charge in [-0.05, 0) is 42.0 Å². The van der Waals surface area contributed by atoms with Gasteiger partial charge >= 0.3 is 0 Å². The van der Waals surface area contributed by atoms with Crippen LogP contribution in [0.5, 0.6) is 5.75 Å². The van der Waals surface area contributed by atoms with E-state index in [4.69, 9.17) is 23.2 Å². The molecule has 106 valence electrons. The Bertz CT molecular complexity index is 593. The van der Waals surface area contributed by atoms with Gasteiger partial charge in [0.1, 0.15) is 0 Å². The van der Waals surface area contributed by atoms with Gasteiger partial charge in [-0.1, -0.05) is 30.1 Å². The normalized spacial score (nSPS) is 17.4. The van der Waals surface area contributed by atoms with Crippen molar-refractivity contribution in [1.82, 2.24) is 4.90 Å². The number of benzene rings is 1. The van der Waals surface area contributed by atoms with Crippen LogP contribution in [0.2, 0.25) is 10.0 Å². The Balaban J connectivity index is 2.33. The fourth-order valence-corrected chi connectivity index (χ4v) is 3.11. The Morgan fingerprint density at radius 1 is 1.30 bits per heavy atom. The van der Waals surface area contributed by atoms with Crippen LogP contribution in [0.25, 0.3) is 6.08 Å². The van der Waals surface area contributed by atoms with Gasteiger partial charge in [-0.2, -0.15) is 0 Å². The number of phenols is 1. The van der Waals surface area contributed by atoms with E-state index in [1.807, 2.05) is 6.92 Å². The van der Waals surface area contributed by atoms with Gasteiger partial charge in [0.15, 0.2) is 5.75 Å². The maximum Gasteiger partial charge on any atom is 0.293 e. The Kier molecular flexibility index (Phi) is 4.62. The molecule has 1 aromatic carbocycles. The molecule has 1 aliphatic heterocycles. The van der Waals surface area contributed by atoms with Crippen molar-refractivity contribution in [2.24, 2.45) is 0 Å². The number of hydrogen-bond acceptors (Lipinski definition) is 4.